The van der Waals surface area contributed by atoms with E-state index in [0.717, 1.165) is 18.2 Å². The van der Waals surface area contributed by atoms with Gasteiger partial charge in [-0.3, -0.25) is 0 Å². The van der Waals surface area contributed by atoms with Crippen LogP contribution in [0.15, 0.2) is 30.3 Å². The highest BCUT2D eigenvalue weighted by Crippen LogP contribution is 2.23. The number of phenolic OH excluding ortho intramolecular Hbond substituents is 1. The first kappa shape index (κ1) is 13.2. The molecule has 19 heavy (non-hydrogen) atoms. The molecule has 0 spiro atoms. The fourth-order valence-electron chi connectivity index (χ4n) is 1.59. The van der Waals surface area contributed by atoms with E-state index in [0.29, 0.717) is 12.1 Å². The molecule has 0 aromatic heterocycles. The summed E-state index contributed by atoms with van der Waals surface area (Å²) < 4.78 is 52.3. The third-order valence-corrected chi connectivity index (χ3v) is 2.50. The number of hydrogen-bond acceptors (Lipinski definition) is 2. The largest absolute Gasteiger partial charge is 0.508 e. The van der Waals surface area contributed by atoms with Gasteiger partial charge in [0.15, 0.2) is 11.6 Å². The maximum absolute atomic E-state index is 13.3. The molecule has 0 radical (unpaired) electrons. The van der Waals surface area contributed by atoms with Crippen LogP contribution in [0.2, 0.25) is 0 Å². The maximum Gasteiger partial charge on any atom is 0.152 e. The monoisotopic (exact) mass is 271 g/mol. The predicted molar refractivity (Wildman–Crippen MR) is 61.7 cm³/mol. The SMILES string of the molecule is Oc1ccc(F)cc1CNc1c(F)cc(F)cc1F. The molecule has 0 heterocycles. The Kier molecular flexibility index (Phi) is 3.59. The summed E-state index contributed by atoms with van der Waals surface area (Å²) in [6.45, 7) is -0.205. The smallest absolute Gasteiger partial charge is 0.152 e. The second-order valence-electron chi connectivity index (χ2n) is 3.87. The summed E-state index contributed by atoms with van der Waals surface area (Å²) in [5.74, 6) is -4.04. The Hall–Kier alpha value is -2.24. The van der Waals surface area contributed by atoms with Gasteiger partial charge in [-0.25, -0.2) is 17.6 Å². The number of nitrogens with one attached hydrogen (secondary N) is 1. The summed E-state index contributed by atoms with van der Waals surface area (Å²) in [6.07, 6.45) is 0. The lowest BCUT2D eigenvalue weighted by atomic mass is 10.2. The molecule has 2 aromatic carbocycles. The number of rotatable bonds is 3. The highest BCUT2D eigenvalue weighted by Gasteiger charge is 2.12. The zero-order valence-corrected chi connectivity index (χ0v) is 9.55. The molecule has 0 atom stereocenters. The van der Waals surface area contributed by atoms with Crippen LogP contribution in [0.1, 0.15) is 5.56 Å². The molecule has 0 saturated heterocycles. The van der Waals surface area contributed by atoms with Crippen molar-refractivity contribution in [1.82, 2.24) is 0 Å². The standard InChI is InChI=1S/C13H9F4NO/c14-8-1-2-12(19)7(3-8)6-18-13-10(16)4-9(15)5-11(13)17/h1-5,18-19H,6H2. The minimum atomic E-state index is -1.10. The summed E-state index contributed by atoms with van der Waals surface area (Å²) in [5, 5.41) is 11.8. The van der Waals surface area contributed by atoms with Gasteiger partial charge in [0.05, 0.1) is 0 Å². The summed E-state index contributed by atoms with van der Waals surface area (Å²) in [5.41, 5.74) is -0.409. The molecule has 2 N–H and O–H groups in total. The molecular weight excluding hydrogens is 262 g/mol. The average molecular weight is 271 g/mol. The zero-order chi connectivity index (χ0) is 14.0. The molecule has 2 rings (SSSR count). The van der Waals surface area contributed by atoms with Gasteiger partial charge in [0, 0.05) is 24.2 Å². The van der Waals surface area contributed by atoms with E-state index in [2.05, 4.69) is 5.32 Å². The number of phenols is 1. The van der Waals surface area contributed by atoms with Gasteiger partial charge in [0.25, 0.3) is 0 Å². The van der Waals surface area contributed by atoms with E-state index in [1.807, 2.05) is 0 Å². The molecule has 0 amide bonds. The van der Waals surface area contributed by atoms with Crippen LogP contribution in [0.5, 0.6) is 5.75 Å². The second-order valence-corrected chi connectivity index (χ2v) is 3.87. The van der Waals surface area contributed by atoms with Crippen LogP contribution in [0.3, 0.4) is 0 Å². The van der Waals surface area contributed by atoms with Crippen molar-refractivity contribution in [3.63, 3.8) is 0 Å². The number of halogens is 4. The van der Waals surface area contributed by atoms with Gasteiger partial charge in [0.2, 0.25) is 0 Å². The van der Waals surface area contributed by atoms with Crippen LogP contribution in [-0.4, -0.2) is 5.11 Å². The molecule has 0 unspecified atom stereocenters. The zero-order valence-electron chi connectivity index (χ0n) is 9.55. The number of aromatic hydroxyl groups is 1. The van der Waals surface area contributed by atoms with Gasteiger partial charge in [-0.05, 0) is 18.2 Å². The topological polar surface area (TPSA) is 32.3 Å². The minimum Gasteiger partial charge on any atom is -0.508 e. The first-order valence-corrected chi connectivity index (χ1v) is 5.33. The normalized spacial score (nSPS) is 10.5. The Morgan fingerprint density at radius 3 is 2.16 bits per heavy atom. The van der Waals surface area contributed by atoms with Gasteiger partial charge in [0.1, 0.15) is 23.1 Å². The van der Waals surface area contributed by atoms with Gasteiger partial charge < -0.3 is 10.4 Å². The fraction of sp³-hybridized carbons (Fsp3) is 0.0769. The van der Waals surface area contributed by atoms with Crippen molar-refractivity contribution in [3.05, 3.63) is 59.2 Å². The van der Waals surface area contributed by atoms with Crippen molar-refractivity contribution < 1.29 is 22.7 Å². The highest BCUT2D eigenvalue weighted by molar-refractivity contribution is 5.48. The maximum atomic E-state index is 13.3. The van der Waals surface area contributed by atoms with E-state index >= 15 is 0 Å². The van der Waals surface area contributed by atoms with Crippen LogP contribution in [-0.2, 0) is 6.54 Å². The van der Waals surface area contributed by atoms with E-state index < -0.39 is 29.0 Å². The van der Waals surface area contributed by atoms with Crippen LogP contribution in [0.25, 0.3) is 0 Å². The third-order valence-electron chi connectivity index (χ3n) is 2.50. The summed E-state index contributed by atoms with van der Waals surface area (Å²) in [4.78, 5) is 0. The lowest BCUT2D eigenvalue weighted by Crippen LogP contribution is -2.05. The summed E-state index contributed by atoms with van der Waals surface area (Å²) in [6, 6.07) is 4.26. The number of benzene rings is 2. The number of anilines is 1. The van der Waals surface area contributed by atoms with E-state index in [-0.39, 0.29) is 17.9 Å². The highest BCUT2D eigenvalue weighted by atomic mass is 19.1. The molecule has 0 bridgehead atoms. The molecule has 0 aliphatic rings. The molecule has 6 heteroatoms. The first-order chi connectivity index (χ1) is 8.97. The Morgan fingerprint density at radius 2 is 1.53 bits per heavy atom. The van der Waals surface area contributed by atoms with Crippen LogP contribution < -0.4 is 5.32 Å². The van der Waals surface area contributed by atoms with Gasteiger partial charge in [-0.2, -0.15) is 0 Å². The van der Waals surface area contributed by atoms with Gasteiger partial charge in [-0.15, -0.1) is 0 Å². The molecule has 0 aliphatic heterocycles. The minimum absolute atomic E-state index is 0.128. The Morgan fingerprint density at radius 1 is 0.895 bits per heavy atom. The third kappa shape index (κ3) is 2.96. The van der Waals surface area contributed by atoms with Crippen LogP contribution in [0, 0.1) is 23.3 Å². The molecular formula is C13H9F4NO. The average Bonchev–Trinajstić information content (AvgIpc) is 2.32. The lowest BCUT2D eigenvalue weighted by Gasteiger charge is -2.10. The van der Waals surface area contributed by atoms with E-state index in [1.165, 1.54) is 0 Å². The Labute approximate surface area is 106 Å². The lowest BCUT2D eigenvalue weighted by molar-refractivity contribution is 0.466. The molecule has 0 saturated carbocycles. The Bertz CT molecular complexity index is 593. The van der Waals surface area contributed by atoms with Crippen molar-refractivity contribution in [1.29, 1.82) is 0 Å². The molecule has 100 valence electrons. The fourth-order valence-corrected chi connectivity index (χ4v) is 1.59. The first-order valence-electron chi connectivity index (χ1n) is 5.33. The van der Waals surface area contributed by atoms with Crippen molar-refractivity contribution in [3.8, 4) is 5.75 Å². The molecule has 2 nitrogen and oxygen atoms in total. The van der Waals surface area contributed by atoms with Crippen molar-refractivity contribution >= 4 is 5.69 Å². The predicted octanol–water partition coefficient (Wildman–Crippen LogP) is 3.56. The van der Waals surface area contributed by atoms with Gasteiger partial charge >= 0.3 is 0 Å². The van der Waals surface area contributed by atoms with Gasteiger partial charge in [-0.1, -0.05) is 0 Å². The quantitative estimate of drug-likeness (QED) is 0.836. The molecule has 0 fully saturated rings. The Balaban J connectivity index is 2.21. The van der Waals surface area contributed by atoms with E-state index in [4.69, 9.17) is 0 Å². The van der Waals surface area contributed by atoms with Crippen molar-refractivity contribution in [2.24, 2.45) is 0 Å². The molecule has 0 aliphatic carbocycles. The molecule has 2 aromatic rings. The van der Waals surface area contributed by atoms with Crippen molar-refractivity contribution in [2.45, 2.75) is 6.54 Å². The van der Waals surface area contributed by atoms with Crippen LogP contribution in [0.4, 0.5) is 23.2 Å². The summed E-state index contributed by atoms with van der Waals surface area (Å²) >= 11 is 0. The summed E-state index contributed by atoms with van der Waals surface area (Å²) in [7, 11) is 0. The van der Waals surface area contributed by atoms with Crippen LogP contribution >= 0.6 is 0 Å². The van der Waals surface area contributed by atoms with E-state index in [1.54, 1.807) is 0 Å². The number of hydrogen-bond donors (Lipinski definition) is 2. The second kappa shape index (κ2) is 5.17. The van der Waals surface area contributed by atoms with E-state index in [9.17, 15) is 22.7 Å². The van der Waals surface area contributed by atoms with Crippen molar-refractivity contribution in [2.75, 3.05) is 5.32 Å².